The molecule has 1 aromatic rings. The summed E-state index contributed by atoms with van der Waals surface area (Å²) in [7, 11) is -3.61. The van der Waals surface area contributed by atoms with Crippen molar-refractivity contribution in [1.82, 2.24) is 10.0 Å². The van der Waals surface area contributed by atoms with Gasteiger partial charge in [-0.15, -0.1) is 0 Å². The zero-order valence-corrected chi connectivity index (χ0v) is 16.7. The first-order chi connectivity index (χ1) is 12.4. The average molecular weight is 403 g/mol. The van der Waals surface area contributed by atoms with Crippen molar-refractivity contribution in [3.05, 3.63) is 23.2 Å². The Bertz CT molecular complexity index is 703. The number of hydrogen-bond donors (Lipinski definition) is 2. The second kappa shape index (κ2) is 10.1. The molecule has 1 aromatic carbocycles. The number of halogens is 1. The van der Waals surface area contributed by atoms with Gasteiger partial charge in [-0.1, -0.05) is 44.2 Å². The van der Waals surface area contributed by atoms with Gasteiger partial charge < -0.3 is 10.1 Å². The molecule has 26 heavy (non-hydrogen) atoms. The predicted molar refractivity (Wildman–Crippen MR) is 102 cm³/mol. The smallest absolute Gasteiger partial charge is 0.257 e. The van der Waals surface area contributed by atoms with Crippen molar-refractivity contribution in [3.8, 4) is 5.75 Å². The number of ether oxygens (including phenoxy) is 1. The number of unbranched alkanes of at least 4 members (excludes halogenated alkanes) is 1. The zero-order valence-electron chi connectivity index (χ0n) is 15.1. The first kappa shape index (κ1) is 21.0. The van der Waals surface area contributed by atoms with Crippen LogP contribution >= 0.6 is 11.6 Å². The molecule has 0 aliphatic heterocycles. The summed E-state index contributed by atoms with van der Waals surface area (Å²) in [4.78, 5) is 11.8. The molecule has 0 radical (unpaired) electrons. The summed E-state index contributed by atoms with van der Waals surface area (Å²) in [5.74, 6) is 0.0547. The van der Waals surface area contributed by atoms with E-state index in [1.807, 2.05) is 6.92 Å². The highest BCUT2D eigenvalue weighted by Gasteiger charge is 2.22. The third kappa shape index (κ3) is 6.45. The lowest BCUT2D eigenvalue weighted by atomic mass is 9.96. The molecule has 0 saturated heterocycles. The Balaban J connectivity index is 1.94. The van der Waals surface area contributed by atoms with Crippen molar-refractivity contribution < 1.29 is 17.9 Å². The van der Waals surface area contributed by atoms with Crippen LogP contribution in [0.25, 0.3) is 0 Å². The van der Waals surface area contributed by atoms with Crippen LogP contribution in [0.1, 0.15) is 51.9 Å². The van der Waals surface area contributed by atoms with Crippen LogP contribution in [0.5, 0.6) is 5.75 Å². The van der Waals surface area contributed by atoms with E-state index in [9.17, 15) is 13.2 Å². The first-order valence-electron chi connectivity index (χ1n) is 9.13. The largest absolute Gasteiger partial charge is 0.482 e. The second-order valence-electron chi connectivity index (χ2n) is 6.54. The average Bonchev–Trinajstić information content (AvgIpc) is 2.61. The van der Waals surface area contributed by atoms with E-state index in [1.54, 1.807) is 0 Å². The van der Waals surface area contributed by atoms with Crippen LogP contribution in [0.3, 0.4) is 0 Å². The van der Waals surface area contributed by atoms with Gasteiger partial charge in [0.15, 0.2) is 6.61 Å². The molecular formula is C18H27ClN2O4S. The summed E-state index contributed by atoms with van der Waals surface area (Å²) < 4.78 is 33.1. The van der Waals surface area contributed by atoms with Crippen LogP contribution in [0.15, 0.2) is 23.1 Å². The van der Waals surface area contributed by atoms with Crippen LogP contribution < -0.4 is 14.8 Å². The fraction of sp³-hybridized carbons (Fsp3) is 0.611. The molecule has 0 aromatic heterocycles. The van der Waals surface area contributed by atoms with Gasteiger partial charge in [-0.2, -0.15) is 0 Å². The van der Waals surface area contributed by atoms with Crippen molar-refractivity contribution in [2.75, 3.05) is 13.2 Å². The van der Waals surface area contributed by atoms with E-state index in [-0.39, 0.29) is 34.2 Å². The summed E-state index contributed by atoms with van der Waals surface area (Å²) in [5, 5.41) is 2.91. The molecule has 0 unspecified atom stereocenters. The minimum Gasteiger partial charge on any atom is -0.482 e. The minimum absolute atomic E-state index is 0.0183. The molecule has 1 aliphatic rings. The van der Waals surface area contributed by atoms with E-state index in [4.69, 9.17) is 16.3 Å². The number of carbonyl (C=O) groups excluding carboxylic acids is 1. The number of carbonyl (C=O) groups is 1. The fourth-order valence-corrected chi connectivity index (χ4v) is 4.50. The Morgan fingerprint density at radius 1 is 1.27 bits per heavy atom. The molecule has 0 atom stereocenters. The lowest BCUT2D eigenvalue weighted by molar-refractivity contribution is -0.123. The van der Waals surface area contributed by atoms with Gasteiger partial charge in [0, 0.05) is 12.6 Å². The third-order valence-corrected chi connectivity index (χ3v) is 6.17. The molecule has 0 bridgehead atoms. The lowest BCUT2D eigenvalue weighted by Gasteiger charge is -2.22. The van der Waals surface area contributed by atoms with E-state index < -0.39 is 10.0 Å². The number of benzene rings is 1. The summed E-state index contributed by atoms with van der Waals surface area (Å²) in [6.45, 7) is 2.49. The van der Waals surface area contributed by atoms with Gasteiger partial charge in [0.25, 0.3) is 5.91 Å². The highest BCUT2D eigenvalue weighted by atomic mass is 35.5. The van der Waals surface area contributed by atoms with E-state index in [0.29, 0.717) is 6.54 Å². The maximum atomic E-state index is 12.5. The molecule has 1 saturated carbocycles. The van der Waals surface area contributed by atoms with Crippen molar-refractivity contribution in [2.24, 2.45) is 0 Å². The van der Waals surface area contributed by atoms with Crippen LogP contribution in [-0.2, 0) is 14.8 Å². The number of amides is 1. The highest BCUT2D eigenvalue weighted by Crippen LogP contribution is 2.28. The first-order valence-corrected chi connectivity index (χ1v) is 11.0. The number of rotatable bonds is 9. The molecule has 1 aliphatic carbocycles. The molecule has 1 fully saturated rings. The second-order valence-corrected chi connectivity index (χ2v) is 8.66. The van der Waals surface area contributed by atoms with Crippen LogP contribution in [-0.4, -0.2) is 33.5 Å². The van der Waals surface area contributed by atoms with Crippen LogP contribution in [0, 0.1) is 0 Å². The summed E-state index contributed by atoms with van der Waals surface area (Å²) >= 11 is 6.14. The molecule has 2 rings (SSSR count). The normalized spacial score (nSPS) is 15.6. The maximum absolute atomic E-state index is 12.5. The number of hydrogen-bond acceptors (Lipinski definition) is 4. The number of nitrogens with one attached hydrogen (secondary N) is 2. The quantitative estimate of drug-likeness (QED) is 0.621. The Hall–Kier alpha value is -1.31. The van der Waals surface area contributed by atoms with Crippen molar-refractivity contribution >= 4 is 27.5 Å². The van der Waals surface area contributed by atoms with E-state index in [1.165, 1.54) is 18.2 Å². The van der Waals surface area contributed by atoms with E-state index >= 15 is 0 Å². The van der Waals surface area contributed by atoms with Gasteiger partial charge in [0.05, 0.1) is 9.92 Å². The van der Waals surface area contributed by atoms with Crippen molar-refractivity contribution in [2.45, 2.75) is 62.8 Å². The molecule has 0 heterocycles. The molecular weight excluding hydrogens is 376 g/mol. The van der Waals surface area contributed by atoms with Gasteiger partial charge in [-0.25, -0.2) is 13.1 Å². The van der Waals surface area contributed by atoms with Crippen molar-refractivity contribution in [3.63, 3.8) is 0 Å². The van der Waals surface area contributed by atoms with E-state index in [0.717, 1.165) is 44.9 Å². The SMILES string of the molecule is CCCCNC(=O)COc1ccc(S(=O)(=O)NC2CCCCC2)cc1Cl. The van der Waals surface area contributed by atoms with Gasteiger partial charge in [0.1, 0.15) is 5.75 Å². The molecule has 6 nitrogen and oxygen atoms in total. The van der Waals surface area contributed by atoms with Crippen LogP contribution in [0.2, 0.25) is 5.02 Å². The molecule has 0 spiro atoms. The summed E-state index contributed by atoms with van der Waals surface area (Å²) in [6, 6.07) is 4.27. The lowest BCUT2D eigenvalue weighted by Crippen LogP contribution is -2.36. The Labute approximate surface area is 160 Å². The molecule has 1 amide bonds. The van der Waals surface area contributed by atoms with Crippen LogP contribution in [0.4, 0.5) is 0 Å². The molecule has 8 heteroatoms. The topological polar surface area (TPSA) is 84.5 Å². The standard InChI is InChI=1S/C18H27ClN2O4S/c1-2-3-11-20-18(22)13-25-17-10-9-15(12-16(17)19)26(23,24)21-14-7-5-4-6-8-14/h9-10,12,14,21H,2-8,11,13H2,1H3,(H,20,22). The summed E-state index contributed by atoms with van der Waals surface area (Å²) in [5.41, 5.74) is 0. The van der Waals surface area contributed by atoms with Gasteiger partial charge in [0.2, 0.25) is 10.0 Å². The number of sulfonamides is 1. The van der Waals surface area contributed by atoms with E-state index in [2.05, 4.69) is 10.0 Å². The molecule has 2 N–H and O–H groups in total. The zero-order chi connectivity index (χ0) is 19.0. The van der Waals surface area contributed by atoms with Crippen molar-refractivity contribution in [1.29, 1.82) is 0 Å². The fourth-order valence-electron chi connectivity index (χ4n) is 2.87. The molecule has 146 valence electrons. The Morgan fingerprint density at radius 3 is 2.65 bits per heavy atom. The predicted octanol–water partition coefficient (Wildman–Crippen LogP) is 3.25. The monoisotopic (exact) mass is 402 g/mol. The van der Waals surface area contributed by atoms with Gasteiger partial charge in [-0.05, 0) is 37.5 Å². The Kier molecular flexibility index (Phi) is 8.18. The minimum atomic E-state index is -3.61. The highest BCUT2D eigenvalue weighted by molar-refractivity contribution is 7.89. The Morgan fingerprint density at radius 2 is 2.00 bits per heavy atom. The summed E-state index contributed by atoms with van der Waals surface area (Å²) in [6.07, 6.45) is 6.87. The van der Waals surface area contributed by atoms with Gasteiger partial charge in [-0.3, -0.25) is 4.79 Å². The van der Waals surface area contributed by atoms with Gasteiger partial charge >= 0.3 is 0 Å². The third-order valence-electron chi connectivity index (χ3n) is 4.35. The maximum Gasteiger partial charge on any atom is 0.257 e.